The first kappa shape index (κ1) is 15.7. The zero-order valence-corrected chi connectivity index (χ0v) is 13.5. The van der Waals surface area contributed by atoms with Crippen LogP contribution in [0.5, 0.6) is 0 Å². The molecule has 0 aliphatic heterocycles. The predicted molar refractivity (Wildman–Crippen MR) is 95.5 cm³/mol. The number of rotatable bonds is 3. The van der Waals surface area contributed by atoms with Gasteiger partial charge in [0.25, 0.3) is 0 Å². The molecule has 120 valence electrons. The van der Waals surface area contributed by atoms with E-state index < -0.39 is 11.5 Å². The highest BCUT2D eigenvalue weighted by atomic mass is 16.4. The van der Waals surface area contributed by atoms with Crippen LogP contribution in [0.2, 0.25) is 0 Å². The summed E-state index contributed by atoms with van der Waals surface area (Å²) in [5, 5.41) is 0.845. The number of nitrogens with two attached hydrogens (primary N) is 1. The molecule has 1 aromatic heterocycles. The first-order chi connectivity index (χ1) is 11.5. The van der Waals surface area contributed by atoms with Gasteiger partial charge in [-0.2, -0.15) is 0 Å². The molecule has 0 saturated carbocycles. The van der Waals surface area contributed by atoms with Crippen LogP contribution in [0.3, 0.4) is 0 Å². The summed E-state index contributed by atoms with van der Waals surface area (Å²) in [4.78, 5) is 23.2. The lowest BCUT2D eigenvalue weighted by atomic mass is 9.97. The van der Waals surface area contributed by atoms with Crippen molar-refractivity contribution >= 4 is 23.0 Å². The van der Waals surface area contributed by atoms with Gasteiger partial charge in [-0.25, -0.2) is 4.79 Å². The first-order valence-electron chi connectivity index (χ1n) is 7.58. The van der Waals surface area contributed by atoms with Crippen molar-refractivity contribution in [1.29, 1.82) is 0 Å². The molecule has 0 saturated heterocycles. The molecule has 3 aromatic rings. The summed E-state index contributed by atoms with van der Waals surface area (Å²) in [7, 11) is 0. The third kappa shape index (κ3) is 2.99. The van der Waals surface area contributed by atoms with Crippen molar-refractivity contribution in [3.8, 4) is 11.1 Å². The van der Waals surface area contributed by atoms with E-state index in [0.29, 0.717) is 11.2 Å². The summed E-state index contributed by atoms with van der Waals surface area (Å²) < 4.78 is 5.35. The Morgan fingerprint density at radius 2 is 1.83 bits per heavy atom. The van der Waals surface area contributed by atoms with E-state index in [-0.39, 0.29) is 0 Å². The molecule has 0 unspecified atom stereocenters. The predicted octanol–water partition coefficient (Wildman–Crippen LogP) is 3.66. The van der Waals surface area contributed by atoms with E-state index >= 15 is 0 Å². The van der Waals surface area contributed by atoms with Crippen LogP contribution in [0, 0.1) is 6.92 Å². The van der Waals surface area contributed by atoms with Crippen LogP contribution in [-0.2, 0) is 4.79 Å². The molecule has 0 spiro atoms. The average molecular weight is 319 g/mol. The lowest BCUT2D eigenvalue weighted by Gasteiger charge is -2.09. The SMILES string of the molecule is CC(=Cc1ccc2c(-c3ccccc3C)cc(=O)oc2c1)C(N)=O. The number of aryl methyl sites for hydroxylation is 1. The highest BCUT2D eigenvalue weighted by Crippen LogP contribution is 2.30. The normalized spacial score (nSPS) is 11.7. The summed E-state index contributed by atoms with van der Waals surface area (Å²) >= 11 is 0. The minimum Gasteiger partial charge on any atom is -0.423 e. The van der Waals surface area contributed by atoms with E-state index in [4.69, 9.17) is 10.2 Å². The number of benzene rings is 2. The van der Waals surface area contributed by atoms with E-state index in [1.54, 1.807) is 19.1 Å². The molecule has 0 aliphatic rings. The minimum atomic E-state index is -0.481. The van der Waals surface area contributed by atoms with Crippen LogP contribution in [0.4, 0.5) is 0 Å². The second-order valence-electron chi connectivity index (χ2n) is 5.74. The van der Waals surface area contributed by atoms with Crippen molar-refractivity contribution in [2.75, 3.05) is 0 Å². The largest absolute Gasteiger partial charge is 0.423 e. The molecule has 0 aliphatic carbocycles. The fourth-order valence-electron chi connectivity index (χ4n) is 2.69. The molecule has 0 bridgehead atoms. The van der Waals surface area contributed by atoms with Crippen LogP contribution < -0.4 is 11.4 Å². The lowest BCUT2D eigenvalue weighted by Crippen LogP contribution is -2.11. The second-order valence-corrected chi connectivity index (χ2v) is 5.74. The number of amides is 1. The Hall–Kier alpha value is -3.14. The van der Waals surface area contributed by atoms with Gasteiger partial charge in [0.05, 0.1) is 0 Å². The van der Waals surface area contributed by atoms with Crippen LogP contribution in [0.1, 0.15) is 18.1 Å². The van der Waals surface area contributed by atoms with Gasteiger partial charge >= 0.3 is 5.63 Å². The molecule has 4 heteroatoms. The Kier molecular flexibility index (Phi) is 4.04. The maximum absolute atomic E-state index is 12.0. The van der Waals surface area contributed by atoms with E-state index in [1.165, 1.54) is 6.07 Å². The topological polar surface area (TPSA) is 73.3 Å². The van der Waals surface area contributed by atoms with Gasteiger partial charge in [0.1, 0.15) is 5.58 Å². The first-order valence-corrected chi connectivity index (χ1v) is 7.58. The summed E-state index contributed by atoms with van der Waals surface area (Å²) in [5.41, 5.74) is 9.43. The number of hydrogen-bond donors (Lipinski definition) is 1. The molecular weight excluding hydrogens is 302 g/mol. The molecule has 0 atom stereocenters. The van der Waals surface area contributed by atoms with Crippen molar-refractivity contribution in [1.82, 2.24) is 0 Å². The molecule has 0 fully saturated rings. The van der Waals surface area contributed by atoms with Gasteiger partial charge in [0.2, 0.25) is 5.91 Å². The average Bonchev–Trinajstić information content (AvgIpc) is 2.54. The lowest BCUT2D eigenvalue weighted by molar-refractivity contribution is -0.114. The molecular formula is C20H17NO3. The number of carbonyl (C=O) groups excluding carboxylic acids is 1. The number of hydrogen-bond acceptors (Lipinski definition) is 3. The second kappa shape index (κ2) is 6.16. The maximum atomic E-state index is 12.0. The van der Waals surface area contributed by atoms with Gasteiger partial charge in [-0.05, 0) is 42.7 Å². The minimum absolute atomic E-state index is 0.409. The third-order valence-electron chi connectivity index (χ3n) is 3.98. The van der Waals surface area contributed by atoms with Gasteiger partial charge < -0.3 is 10.2 Å². The monoisotopic (exact) mass is 319 g/mol. The van der Waals surface area contributed by atoms with Crippen molar-refractivity contribution in [3.63, 3.8) is 0 Å². The zero-order chi connectivity index (χ0) is 17.3. The van der Waals surface area contributed by atoms with Gasteiger partial charge in [-0.1, -0.05) is 36.4 Å². The van der Waals surface area contributed by atoms with Gasteiger partial charge in [-0.15, -0.1) is 0 Å². The van der Waals surface area contributed by atoms with Crippen molar-refractivity contribution in [3.05, 3.63) is 75.7 Å². The Morgan fingerprint density at radius 3 is 2.54 bits per heavy atom. The highest BCUT2D eigenvalue weighted by Gasteiger charge is 2.10. The van der Waals surface area contributed by atoms with Crippen molar-refractivity contribution in [2.24, 2.45) is 5.73 Å². The molecule has 3 rings (SSSR count). The summed E-state index contributed by atoms with van der Waals surface area (Å²) in [5.74, 6) is -0.481. The molecule has 2 aromatic carbocycles. The third-order valence-corrected chi connectivity index (χ3v) is 3.98. The Labute approximate surface area is 139 Å². The maximum Gasteiger partial charge on any atom is 0.336 e. The molecule has 4 nitrogen and oxygen atoms in total. The number of primary amides is 1. The van der Waals surface area contributed by atoms with E-state index in [2.05, 4.69) is 0 Å². The molecule has 2 N–H and O–H groups in total. The van der Waals surface area contributed by atoms with E-state index in [9.17, 15) is 9.59 Å². The van der Waals surface area contributed by atoms with E-state index in [1.807, 2.05) is 43.3 Å². The quantitative estimate of drug-likeness (QED) is 0.591. The molecule has 1 heterocycles. The zero-order valence-electron chi connectivity index (χ0n) is 13.5. The Balaban J connectivity index is 2.24. The summed E-state index contributed by atoms with van der Waals surface area (Å²) in [6.07, 6.45) is 1.67. The molecule has 0 radical (unpaired) electrons. The standard InChI is InChI=1S/C20H17NO3/c1-12-5-3-4-6-15(12)17-11-19(22)24-18-10-14(7-8-16(17)18)9-13(2)20(21)23/h3-11H,1-2H3,(H2,21,23). The molecule has 24 heavy (non-hydrogen) atoms. The summed E-state index contributed by atoms with van der Waals surface area (Å²) in [6, 6.07) is 14.9. The van der Waals surface area contributed by atoms with Crippen LogP contribution in [-0.4, -0.2) is 5.91 Å². The number of carbonyl (C=O) groups is 1. The van der Waals surface area contributed by atoms with Crippen molar-refractivity contribution in [2.45, 2.75) is 13.8 Å². The van der Waals surface area contributed by atoms with Crippen LogP contribution >= 0.6 is 0 Å². The Morgan fingerprint density at radius 1 is 1.08 bits per heavy atom. The fraction of sp³-hybridized carbons (Fsp3) is 0.100. The highest BCUT2D eigenvalue weighted by molar-refractivity contribution is 5.98. The van der Waals surface area contributed by atoms with E-state index in [0.717, 1.165) is 27.6 Å². The smallest absolute Gasteiger partial charge is 0.336 e. The van der Waals surface area contributed by atoms with Crippen molar-refractivity contribution < 1.29 is 9.21 Å². The van der Waals surface area contributed by atoms with Gasteiger partial charge in [0, 0.05) is 22.6 Å². The number of fused-ring (bicyclic) bond motifs is 1. The van der Waals surface area contributed by atoms with Crippen LogP contribution in [0.25, 0.3) is 28.2 Å². The Bertz CT molecular complexity index is 1030. The van der Waals surface area contributed by atoms with Gasteiger partial charge in [-0.3, -0.25) is 4.79 Å². The van der Waals surface area contributed by atoms with Crippen LogP contribution in [0.15, 0.2) is 63.3 Å². The fourth-order valence-corrected chi connectivity index (χ4v) is 2.69. The summed E-state index contributed by atoms with van der Waals surface area (Å²) in [6.45, 7) is 3.65. The molecule has 1 amide bonds. The van der Waals surface area contributed by atoms with Gasteiger partial charge in [0.15, 0.2) is 0 Å².